The molecule has 1 fully saturated rings. The van der Waals surface area contributed by atoms with Gasteiger partial charge in [-0.1, -0.05) is 0 Å². The molecule has 6 nitrogen and oxygen atoms in total. The Balaban J connectivity index is 0.000000302. The molecule has 0 amide bonds. The molecule has 104 valence electrons. The molecule has 1 rings (SSSR count). The van der Waals surface area contributed by atoms with Gasteiger partial charge in [0.1, 0.15) is 0 Å². The van der Waals surface area contributed by atoms with Gasteiger partial charge in [0.2, 0.25) is 20.8 Å². The SMILES string of the molecule is C[N+]1(C)CCCCC1.O=S(=O)(F)[N-]S(=O)(=O)F. The van der Waals surface area contributed by atoms with Crippen molar-refractivity contribution in [3.8, 4) is 0 Å². The van der Waals surface area contributed by atoms with Crippen LogP contribution in [0, 0.1) is 0 Å². The van der Waals surface area contributed by atoms with Gasteiger partial charge >= 0.3 is 0 Å². The maximum absolute atomic E-state index is 11.1. The van der Waals surface area contributed by atoms with Crippen LogP contribution in [0.3, 0.4) is 0 Å². The van der Waals surface area contributed by atoms with Gasteiger partial charge in [-0.25, -0.2) is 16.8 Å². The number of nitrogens with zero attached hydrogens (tertiary/aromatic N) is 2. The highest BCUT2D eigenvalue weighted by Gasteiger charge is 2.17. The van der Waals surface area contributed by atoms with Crippen molar-refractivity contribution in [1.82, 2.24) is 0 Å². The van der Waals surface area contributed by atoms with E-state index >= 15 is 0 Å². The number of hydrogen-bond acceptors (Lipinski definition) is 4. The lowest BCUT2D eigenvalue weighted by molar-refractivity contribution is -0.894. The lowest BCUT2D eigenvalue weighted by Crippen LogP contribution is -2.43. The summed E-state index contributed by atoms with van der Waals surface area (Å²) in [6, 6.07) is 0. The van der Waals surface area contributed by atoms with E-state index in [-0.39, 0.29) is 0 Å². The normalized spacial score (nSPS) is 20.2. The molecule has 1 aliphatic rings. The maximum Gasteiger partial charge on any atom is 0.241 e. The minimum atomic E-state index is -5.62. The predicted molar refractivity (Wildman–Crippen MR) is 59.1 cm³/mol. The van der Waals surface area contributed by atoms with Gasteiger partial charge in [0.15, 0.2) is 0 Å². The van der Waals surface area contributed by atoms with E-state index in [2.05, 4.69) is 14.1 Å². The minimum Gasteiger partial charge on any atom is -0.379 e. The molecule has 17 heavy (non-hydrogen) atoms. The fraction of sp³-hybridized carbons (Fsp3) is 1.00. The van der Waals surface area contributed by atoms with Gasteiger partial charge < -0.3 is 8.61 Å². The monoisotopic (exact) mass is 294 g/mol. The van der Waals surface area contributed by atoms with Crippen LogP contribution in [0.2, 0.25) is 0 Å². The Morgan fingerprint density at radius 1 is 0.882 bits per heavy atom. The van der Waals surface area contributed by atoms with Crippen molar-refractivity contribution < 1.29 is 29.1 Å². The Bertz CT molecular complexity index is 395. The molecule has 0 aromatic heterocycles. The standard InChI is InChI=1S/C7H16N.F2NO4S2/c1-8(2)6-4-3-5-7-8;1-8(4,5)3-9(2,6)7/h3-7H2,1-2H3;/q+1;-1. The van der Waals surface area contributed by atoms with Crippen LogP contribution in [0.25, 0.3) is 4.13 Å². The molecular weight excluding hydrogens is 278 g/mol. The van der Waals surface area contributed by atoms with E-state index in [0.29, 0.717) is 0 Å². The lowest BCUT2D eigenvalue weighted by Gasteiger charge is -2.33. The summed E-state index contributed by atoms with van der Waals surface area (Å²) >= 11 is 0. The highest BCUT2D eigenvalue weighted by Crippen LogP contribution is 2.12. The largest absolute Gasteiger partial charge is 0.379 e. The summed E-state index contributed by atoms with van der Waals surface area (Å²) in [7, 11) is -6.60. The van der Waals surface area contributed by atoms with Gasteiger partial charge in [0.05, 0.1) is 27.2 Å². The summed E-state index contributed by atoms with van der Waals surface area (Å²) in [6.07, 6.45) is 4.34. The molecule has 0 unspecified atom stereocenters. The summed E-state index contributed by atoms with van der Waals surface area (Å²) in [5.41, 5.74) is 0. The van der Waals surface area contributed by atoms with Gasteiger partial charge in [0, 0.05) is 0 Å². The second kappa shape index (κ2) is 6.03. The summed E-state index contributed by atoms with van der Waals surface area (Å²) in [5, 5.41) is 0. The molecule has 1 saturated heterocycles. The van der Waals surface area contributed by atoms with Crippen molar-refractivity contribution in [3.63, 3.8) is 0 Å². The molecule has 0 bridgehead atoms. The van der Waals surface area contributed by atoms with Gasteiger partial charge in [0.25, 0.3) is 0 Å². The summed E-state index contributed by atoms with van der Waals surface area (Å²) in [4.78, 5) is 0. The van der Waals surface area contributed by atoms with E-state index in [1.54, 1.807) is 0 Å². The number of hydrogen-bond donors (Lipinski definition) is 0. The smallest absolute Gasteiger partial charge is 0.241 e. The van der Waals surface area contributed by atoms with Crippen LogP contribution >= 0.6 is 0 Å². The van der Waals surface area contributed by atoms with Crippen LogP contribution in [-0.4, -0.2) is 48.5 Å². The molecule has 1 aliphatic heterocycles. The number of quaternary nitrogens is 1. The van der Waals surface area contributed by atoms with E-state index in [1.807, 2.05) is 0 Å². The molecule has 0 aromatic carbocycles. The van der Waals surface area contributed by atoms with Crippen LogP contribution in [0.15, 0.2) is 0 Å². The molecule has 0 N–H and O–H groups in total. The quantitative estimate of drug-likeness (QED) is 0.562. The second-order valence-corrected chi connectivity index (χ2v) is 6.59. The molecule has 0 spiro atoms. The maximum atomic E-state index is 11.1. The molecule has 0 saturated carbocycles. The predicted octanol–water partition coefficient (Wildman–Crippen LogP) is 1.04. The highest BCUT2D eigenvalue weighted by molar-refractivity contribution is 8.07. The highest BCUT2D eigenvalue weighted by atomic mass is 32.3. The molecule has 0 radical (unpaired) electrons. The van der Waals surface area contributed by atoms with Crippen LogP contribution in [0.5, 0.6) is 0 Å². The average molecular weight is 294 g/mol. The van der Waals surface area contributed by atoms with Crippen LogP contribution in [0.1, 0.15) is 19.3 Å². The summed E-state index contributed by atoms with van der Waals surface area (Å²) < 4.78 is 61.3. The molecule has 0 aromatic rings. The van der Waals surface area contributed by atoms with Gasteiger partial charge in [-0.3, -0.25) is 0 Å². The van der Waals surface area contributed by atoms with Crippen molar-refractivity contribution in [2.75, 3.05) is 27.2 Å². The van der Waals surface area contributed by atoms with Crippen molar-refractivity contribution in [2.24, 2.45) is 0 Å². The van der Waals surface area contributed by atoms with E-state index in [1.165, 1.54) is 36.8 Å². The zero-order chi connectivity index (χ0) is 13.7. The Morgan fingerprint density at radius 2 is 1.24 bits per heavy atom. The van der Waals surface area contributed by atoms with E-state index in [4.69, 9.17) is 0 Å². The first-order chi connectivity index (χ1) is 7.41. The van der Waals surface area contributed by atoms with Crippen LogP contribution < -0.4 is 0 Å². The minimum absolute atomic E-state index is 1.15. The fourth-order valence-electron chi connectivity index (χ4n) is 1.47. The van der Waals surface area contributed by atoms with E-state index < -0.39 is 20.8 Å². The molecule has 10 heteroatoms. The van der Waals surface area contributed by atoms with Crippen molar-refractivity contribution in [1.29, 1.82) is 0 Å². The van der Waals surface area contributed by atoms with E-state index in [0.717, 1.165) is 4.13 Å². The van der Waals surface area contributed by atoms with E-state index in [9.17, 15) is 24.6 Å². The number of likely N-dealkylation sites (tertiary alicyclic amines) is 1. The lowest BCUT2D eigenvalue weighted by atomic mass is 10.1. The fourth-order valence-corrected chi connectivity index (χ4v) is 2.33. The van der Waals surface area contributed by atoms with Crippen molar-refractivity contribution >= 4 is 20.8 Å². The third kappa shape index (κ3) is 11.9. The topological polar surface area (TPSA) is 82.4 Å². The Morgan fingerprint density at radius 3 is 1.35 bits per heavy atom. The van der Waals surface area contributed by atoms with Crippen molar-refractivity contribution in [3.05, 3.63) is 4.13 Å². The summed E-state index contributed by atoms with van der Waals surface area (Å²) in [6.45, 7) is 2.78. The van der Waals surface area contributed by atoms with Gasteiger partial charge in [-0.2, -0.15) is 0 Å². The third-order valence-corrected chi connectivity index (χ3v) is 3.63. The molecule has 1 heterocycles. The Hall–Kier alpha value is -0.320. The Labute approximate surface area is 101 Å². The second-order valence-electron chi connectivity index (χ2n) is 4.34. The van der Waals surface area contributed by atoms with Gasteiger partial charge in [-0.05, 0) is 19.3 Å². The summed E-state index contributed by atoms with van der Waals surface area (Å²) in [5.74, 6) is 0. The number of halogens is 2. The first-order valence-corrected chi connectivity index (χ1v) is 7.55. The van der Waals surface area contributed by atoms with Crippen LogP contribution in [-0.2, 0) is 20.8 Å². The molecule has 0 aliphatic carbocycles. The average Bonchev–Trinajstić information content (AvgIpc) is 1.96. The first-order valence-electron chi connectivity index (χ1n) is 4.87. The first kappa shape index (κ1) is 16.7. The van der Waals surface area contributed by atoms with Crippen molar-refractivity contribution in [2.45, 2.75) is 19.3 Å². The Kier molecular flexibility index (Phi) is 5.91. The zero-order valence-electron chi connectivity index (χ0n) is 9.64. The zero-order valence-corrected chi connectivity index (χ0v) is 11.3. The molecule has 0 atom stereocenters. The number of rotatable bonds is 2. The van der Waals surface area contributed by atoms with Crippen LogP contribution in [0.4, 0.5) is 7.77 Å². The van der Waals surface area contributed by atoms with Gasteiger partial charge in [-0.15, -0.1) is 7.77 Å². The molecular formula is C7H16F2N2O4S2. The third-order valence-electron chi connectivity index (χ3n) is 2.20. The number of piperidine rings is 1.